The molecule has 3 rings (SSSR count). The number of thioether (sulfide) groups is 1. The Labute approximate surface area is 172 Å². The Kier molecular flexibility index (Phi) is 7.26. The van der Waals surface area contributed by atoms with Crippen LogP contribution in [0.25, 0.3) is 0 Å². The van der Waals surface area contributed by atoms with Crippen LogP contribution in [-0.2, 0) is 17.6 Å². The third-order valence-corrected chi connectivity index (χ3v) is 6.88. The molecule has 2 aromatic carbocycles. The lowest BCUT2D eigenvalue weighted by Gasteiger charge is -2.23. The number of benzene rings is 2. The van der Waals surface area contributed by atoms with Gasteiger partial charge in [-0.15, -0.1) is 11.8 Å². The lowest BCUT2D eigenvalue weighted by Crippen LogP contribution is -2.35. The molecule has 0 unspecified atom stereocenters. The van der Waals surface area contributed by atoms with E-state index in [4.69, 9.17) is 11.6 Å². The van der Waals surface area contributed by atoms with Crippen LogP contribution in [0.15, 0.2) is 47.4 Å². The summed E-state index contributed by atoms with van der Waals surface area (Å²) in [5.74, 6) is 0.113. The van der Waals surface area contributed by atoms with E-state index in [1.54, 1.807) is 11.8 Å². The molecule has 1 N–H and O–H groups in total. The molecule has 27 heavy (non-hydrogen) atoms. The number of amides is 1. The van der Waals surface area contributed by atoms with E-state index in [-0.39, 0.29) is 17.2 Å². The Balaban J connectivity index is 1.68. The zero-order valence-electron chi connectivity index (χ0n) is 16.1. The Morgan fingerprint density at radius 1 is 1.04 bits per heavy atom. The van der Waals surface area contributed by atoms with Gasteiger partial charge in [-0.1, -0.05) is 43.6 Å². The number of fused-ring (bicyclic) bond motifs is 1. The van der Waals surface area contributed by atoms with Gasteiger partial charge in [0.1, 0.15) is 0 Å². The second-order valence-corrected chi connectivity index (χ2v) is 8.89. The molecule has 0 heterocycles. The maximum Gasteiger partial charge on any atom is 0.233 e. The molecule has 2 nitrogen and oxygen atoms in total. The maximum absolute atomic E-state index is 12.9. The molecule has 144 valence electrons. The highest BCUT2D eigenvalue weighted by Gasteiger charge is 2.22. The molecular formula is C23H28ClNOS. The van der Waals surface area contributed by atoms with Gasteiger partial charge in [-0.05, 0) is 79.5 Å². The first-order chi connectivity index (χ1) is 13.1. The first-order valence-electron chi connectivity index (χ1n) is 9.95. The first-order valence-corrected chi connectivity index (χ1v) is 11.2. The minimum atomic E-state index is -0.0992. The van der Waals surface area contributed by atoms with Crippen LogP contribution < -0.4 is 5.32 Å². The van der Waals surface area contributed by atoms with Crippen LogP contribution in [0.2, 0.25) is 5.02 Å². The van der Waals surface area contributed by atoms with Crippen LogP contribution in [0.5, 0.6) is 0 Å². The van der Waals surface area contributed by atoms with Crippen molar-refractivity contribution >= 4 is 29.3 Å². The molecule has 4 heteroatoms. The van der Waals surface area contributed by atoms with E-state index in [1.807, 2.05) is 24.3 Å². The van der Waals surface area contributed by atoms with E-state index in [2.05, 4.69) is 37.4 Å². The van der Waals surface area contributed by atoms with Gasteiger partial charge in [-0.2, -0.15) is 0 Å². The molecule has 0 aliphatic heterocycles. The summed E-state index contributed by atoms with van der Waals surface area (Å²) in [5, 5.41) is 3.91. The lowest BCUT2D eigenvalue weighted by molar-refractivity contribution is -0.121. The summed E-state index contributed by atoms with van der Waals surface area (Å²) < 4.78 is 0. The number of aryl methyl sites for hydroxylation is 2. The van der Waals surface area contributed by atoms with Crippen LogP contribution in [-0.4, -0.2) is 11.2 Å². The Morgan fingerprint density at radius 2 is 1.74 bits per heavy atom. The smallest absolute Gasteiger partial charge is 0.233 e. The predicted molar refractivity (Wildman–Crippen MR) is 116 cm³/mol. The third-order valence-electron chi connectivity index (χ3n) is 5.25. The zero-order chi connectivity index (χ0) is 19.2. The number of halogens is 1. The molecule has 0 aromatic heterocycles. The molecular weight excluding hydrogens is 374 g/mol. The molecule has 0 saturated carbocycles. The first kappa shape index (κ1) is 20.3. The average molecular weight is 402 g/mol. The van der Waals surface area contributed by atoms with Crippen molar-refractivity contribution in [3.8, 4) is 0 Å². The van der Waals surface area contributed by atoms with Crippen molar-refractivity contribution < 1.29 is 4.79 Å². The van der Waals surface area contributed by atoms with Gasteiger partial charge in [-0.25, -0.2) is 0 Å². The van der Waals surface area contributed by atoms with E-state index in [9.17, 15) is 4.79 Å². The molecule has 1 aliphatic rings. The summed E-state index contributed by atoms with van der Waals surface area (Å²) in [6.45, 7) is 4.20. The van der Waals surface area contributed by atoms with Gasteiger partial charge in [0.15, 0.2) is 0 Å². The number of carbonyl (C=O) groups is 1. The molecule has 0 spiro atoms. The van der Waals surface area contributed by atoms with Crippen LogP contribution in [0.1, 0.15) is 62.3 Å². The number of hydrogen-bond acceptors (Lipinski definition) is 2. The predicted octanol–water partition coefficient (Wildman–Crippen LogP) is 6.36. The van der Waals surface area contributed by atoms with Gasteiger partial charge in [0.05, 0.1) is 11.3 Å². The number of nitrogens with one attached hydrogen (secondary N) is 1. The van der Waals surface area contributed by atoms with Crippen molar-refractivity contribution in [3.05, 3.63) is 64.2 Å². The Bertz CT molecular complexity index is 774. The summed E-state index contributed by atoms with van der Waals surface area (Å²) in [5.41, 5.74) is 4.18. The van der Waals surface area contributed by atoms with Gasteiger partial charge in [0.25, 0.3) is 0 Å². The van der Waals surface area contributed by atoms with Crippen molar-refractivity contribution in [2.45, 2.75) is 68.6 Å². The van der Waals surface area contributed by atoms with Crippen molar-refractivity contribution in [1.82, 2.24) is 5.32 Å². The fourth-order valence-corrected chi connectivity index (χ4v) is 4.75. The molecule has 0 fully saturated rings. The van der Waals surface area contributed by atoms with E-state index >= 15 is 0 Å². The molecule has 0 saturated heterocycles. The van der Waals surface area contributed by atoms with Gasteiger partial charge in [-0.3, -0.25) is 4.79 Å². The fourth-order valence-electron chi connectivity index (χ4n) is 3.66. The minimum absolute atomic E-state index is 0.0737. The van der Waals surface area contributed by atoms with Crippen molar-refractivity contribution in [2.75, 3.05) is 0 Å². The summed E-state index contributed by atoms with van der Waals surface area (Å²) in [6.07, 6.45) is 6.61. The van der Waals surface area contributed by atoms with E-state index in [1.165, 1.54) is 36.0 Å². The van der Waals surface area contributed by atoms with E-state index in [0.29, 0.717) is 0 Å². The van der Waals surface area contributed by atoms with Gasteiger partial charge in [0, 0.05) is 9.92 Å². The second-order valence-electron chi connectivity index (χ2n) is 7.17. The van der Waals surface area contributed by atoms with Crippen LogP contribution in [0.4, 0.5) is 0 Å². The van der Waals surface area contributed by atoms with Crippen LogP contribution in [0.3, 0.4) is 0 Å². The van der Waals surface area contributed by atoms with Crippen molar-refractivity contribution in [2.24, 2.45) is 0 Å². The number of rotatable bonds is 7. The van der Waals surface area contributed by atoms with Crippen LogP contribution in [0, 0.1) is 0 Å². The molecule has 1 amide bonds. The number of hydrogen-bond donors (Lipinski definition) is 1. The lowest BCUT2D eigenvalue weighted by atomic mass is 9.89. The standard InChI is InChI=1S/C23H28ClNOS/c1-3-21(18-10-9-16-7-5-6-8-17(16)15-18)25-23(26)22(4-2)27-20-13-11-19(24)12-14-20/h9-15,21-22H,3-8H2,1-2H3,(H,25,26)/t21-,22+/m1/s1. The van der Waals surface area contributed by atoms with Crippen molar-refractivity contribution in [3.63, 3.8) is 0 Å². The van der Waals surface area contributed by atoms with Crippen LogP contribution >= 0.6 is 23.4 Å². The highest BCUT2D eigenvalue weighted by atomic mass is 35.5. The molecule has 2 aromatic rings. The van der Waals surface area contributed by atoms with E-state index in [0.717, 1.165) is 29.2 Å². The molecule has 0 radical (unpaired) electrons. The molecule has 2 atom stereocenters. The zero-order valence-corrected chi connectivity index (χ0v) is 17.7. The quantitative estimate of drug-likeness (QED) is 0.547. The summed E-state index contributed by atoms with van der Waals surface area (Å²) in [4.78, 5) is 14.0. The monoisotopic (exact) mass is 401 g/mol. The Morgan fingerprint density at radius 3 is 2.41 bits per heavy atom. The summed E-state index contributed by atoms with van der Waals surface area (Å²) in [6, 6.07) is 14.5. The highest BCUT2D eigenvalue weighted by molar-refractivity contribution is 8.00. The Hall–Kier alpha value is -1.45. The summed E-state index contributed by atoms with van der Waals surface area (Å²) >= 11 is 7.57. The third kappa shape index (κ3) is 5.30. The average Bonchev–Trinajstić information content (AvgIpc) is 2.71. The van der Waals surface area contributed by atoms with Gasteiger partial charge in [0.2, 0.25) is 5.91 Å². The van der Waals surface area contributed by atoms with Gasteiger partial charge < -0.3 is 5.32 Å². The maximum atomic E-state index is 12.9. The molecule has 0 bridgehead atoms. The topological polar surface area (TPSA) is 29.1 Å². The fraction of sp³-hybridized carbons (Fsp3) is 0.435. The van der Waals surface area contributed by atoms with Crippen molar-refractivity contribution in [1.29, 1.82) is 0 Å². The largest absolute Gasteiger partial charge is 0.348 e. The molecule has 1 aliphatic carbocycles. The second kappa shape index (κ2) is 9.66. The highest BCUT2D eigenvalue weighted by Crippen LogP contribution is 2.29. The summed E-state index contributed by atoms with van der Waals surface area (Å²) in [7, 11) is 0. The number of carbonyl (C=O) groups excluding carboxylic acids is 1. The normalized spacial score (nSPS) is 15.7. The van der Waals surface area contributed by atoms with E-state index < -0.39 is 0 Å². The minimum Gasteiger partial charge on any atom is -0.348 e. The van der Waals surface area contributed by atoms with Gasteiger partial charge >= 0.3 is 0 Å². The SMILES string of the molecule is CC[C@H](Sc1ccc(Cl)cc1)C(=O)N[C@H](CC)c1ccc2c(c1)CCCC2.